The summed E-state index contributed by atoms with van der Waals surface area (Å²) in [6.07, 6.45) is 0. The molecule has 64 heavy (non-hydrogen) atoms. The van der Waals surface area contributed by atoms with E-state index in [2.05, 4.69) is 243 Å². The lowest BCUT2D eigenvalue weighted by molar-refractivity contribution is 0.660. The van der Waals surface area contributed by atoms with E-state index in [0.29, 0.717) is 0 Å². The fourth-order valence-electron chi connectivity index (χ4n) is 11.4. The van der Waals surface area contributed by atoms with E-state index in [1.807, 2.05) is 0 Å². The van der Waals surface area contributed by atoms with Crippen molar-refractivity contribution in [3.63, 3.8) is 0 Å². The molecular weight excluding hydrogens is 775 g/mol. The lowest BCUT2D eigenvalue weighted by Crippen LogP contribution is -2.28. The molecule has 0 saturated heterocycles. The van der Waals surface area contributed by atoms with Gasteiger partial charge in [-0.15, -0.1) is 0 Å². The van der Waals surface area contributed by atoms with Crippen molar-refractivity contribution in [1.82, 2.24) is 0 Å². The van der Waals surface area contributed by atoms with Crippen LogP contribution in [0, 0.1) is 0 Å². The maximum atomic E-state index is 6.80. The van der Waals surface area contributed by atoms with Gasteiger partial charge in [0.1, 0.15) is 11.2 Å². The summed E-state index contributed by atoms with van der Waals surface area (Å²) in [7, 11) is 0. The summed E-state index contributed by atoms with van der Waals surface area (Å²) in [5, 5.41) is 4.56. The fourth-order valence-corrected chi connectivity index (χ4v) is 11.4. The van der Waals surface area contributed by atoms with Crippen LogP contribution < -0.4 is 4.90 Å². The molecule has 2 nitrogen and oxygen atoms in total. The van der Waals surface area contributed by atoms with Gasteiger partial charge < -0.3 is 9.32 Å². The first-order valence-electron chi connectivity index (χ1n) is 22.3. The Balaban J connectivity index is 1.13. The number of benzene rings is 10. The molecule has 2 aliphatic rings. The van der Waals surface area contributed by atoms with Crippen molar-refractivity contribution < 1.29 is 4.42 Å². The molecule has 0 spiro atoms. The Morgan fingerprint density at radius 3 is 1.52 bits per heavy atom. The van der Waals surface area contributed by atoms with E-state index >= 15 is 0 Å². The lowest BCUT2D eigenvalue weighted by atomic mass is 9.67. The van der Waals surface area contributed by atoms with Crippen molar-refractivity contribution in [2.75, 3.05) is 4.90 Å². The van der Waals surface area contributed by atoms with Crippen LogP contribution in [0.25, 0.3) is 66.1 Å². The van der Waals surface area contributed by atoms with Gasteiger partial charge in [0, 0.05) is 33.1 Å². The number of furan rings is 1. The van der Waals surface area contributed by atoms with Crippen LogP contribution in [0.5, 0.6) is 0 Å². The normalized spacial score (nSPS) is 14.0. The van der Waals surface area contributed by atoms with Crippen LogP contribution in [0.3, 0.4) is 0 Å². The minimum Gasteiger partial charge on any atom is -0.456 e. The molecule has 0 bridgehead atoms. The zero-order chi connectivity index (χ0) is 42.6. The minimum absolute atomic E-state index is 0.184. The second kappa shape index (κ2) is 13.8. The van der Waals surface area contributed by atoms with Gasteiger partial charge >= 0.3 is 0 Å². The predicted molar refractivity (Wildman–Crippen MR) is 266 cm³/mol. The van der Waals surface area contributed by atoms with E-state index in [1.54, 1.807) is 0 Å². The van der Waals surface area contributed by atoms with Crippen LogP contribution in [0.4, 0.5) is 17.1 Å². The Labute approximate surface area is 373 Å². The minimum atomic E-state index is -0.550. The summed E-state index contributed by atoms with van der Waals surface area (Å²) < 4.78 is 6.80. The Morgan fingerprint density at radius 2 is 0.844 bits per heavy atom. The highest BCUT2D eigenvalue weighted by Gasteiger charge is 2.46. The standard InChI is InChI=1S/C62H43NO/c1-61(2)54-28-16-14-26-47(54)49-32-30-45(36-56(49)61)63(58-38-53-52-34-41-20-12-13-21-42(41)35-59(52)64-60(53)39-51(58)40-18-6-3-7-19-40)46-31-33-50-48-27-15-17-29-55(48)62(57(50)37-46,43-22-8-4-9-23-43)44-24-10-5-11-25-44/h3-39H,1-2H3. The molecule has 0 N–H and O–H groups in total. The van der Waals surface area contributed by atoms with Crippen LogP contribution in [0.1, 0.15) is 47.2 Å². The molecule has 1 aromatic heterocycles. The molecule has 0 unspecified atom stereocenters. The lowest BCUT2D eigenvalue weighted by Gasteiger charge is -2.35. The Kier molecular flexibility index (Phi) is 7.90. The first kappa shape index (κ1) is 36.7. The number of anilines is 3. The summed E-state index contributed by atoms with van der Waals surface area (Å²) >= 11 is 0. The van der Waals surface area contributed by atoms with Crippen molar-refractivity contribution in [2.45, 2.75) is 24.7 Å². The SMILES string of the molecule is CC1(C)c2ccccc2-c2ccc(N(c3ccc4c(c3)C(c3ccccc3)(c3ccccc3)c3ccccc3-4)c3cc4c(cc3-c3ccccc3)oc3cc5ccccc5cc34)cc21. The molecule has 2 aliphatic carbocycles. The molecule has 0 saturated carbocycles. The van der Waals surface area contributed by atoms with Crippen molar-refractivity contribution in [1.29, 1.82) is 0 Å². The second-order valence-electron chi connectivity index (χ2n) is 18.0. The summed E-state index contributed by atoms with van der Waals surface area (Å²) in [6.45, 7) is 4.74. The molecule has 0 amide bonds. The average Bonchev–Trinajstić information content (AvgIpc) is 3.93. The zero-order valence-corrected chi connectivity index (χ0v) is 35.7. The maximum Gasteiger partial charge on any atom is 0.136 e. The number of nitrogens with zero attached hydrogens (tertiary/aromatic N) is 1. The first-order valence-corrected chi connectivity index (χ1v) is 22.3. The van der Waals surface area contributed by atoms with Gasteiger partial charge in [-0.3, -0.25) is 0 Å². The molecule has 0 aliphatic heterocycles. The van der Waals surface area contributed by atoms with Gasteiger partial charge in [-0.1, -0.05) is 190 Å². The number of rotatable bonds is 6. The number of hydrogen-bond acceptors (Lipinski definition) is 2. The van der Waals surface area contributed by atoms with Crippen LogP contribution in [0.2, 0.25) is 0 Å². The van der Waals surface area contributed by atoms with Crippen LogP contribution >= 0.6 is 0 Å². The van der Waals surface area contributed by atoms with Gasteiger partial charge in [-0.05, 0) is 121 Å². The quantitative estimate of drug-likeness (QED) is 0.166. The van der Waals surface area contributed by atoms with E-state index < -0.39 is 5.41 Å². The molecule has 0 radical (unpaired) electrons. The van der Waals surface area contributed by atoms with Gasteiger partial charge in [-0.2, -0.15) is 0 Å². The molecule has 0 fully saturated rings. The summed E-state index contributed by atoms with van der Waals surface area (Å²) in [6, 6.07) is 83.0. The Bertz CT molecular complexity index is 3600. The monoisotopic (exact) mass is 817 g/mol. The van der Waals surface area contributed by atoms with Gasteiger partial charge in [0.15, 0.2) is 0 Å². The highest BCUT2D eigenvalue weighted by atomic mass is 16.3. The van der Waals surface area contributed by atoms with E-state index in [-0.39, 0.29) is 5.41 Å². The highest BCUT2D eigenvalue weighted by molar-refractivity contribution is 6.13. The first-order chi connectivity index (χ1) is 31.5. The molecule has 302 valence electrons. The molecule has 0 atom stereocenters. The molecule has 11 aromatic rings. The fraction of sp³-hybridized carbons (Fsp3) is 0.0645. The summed E-state index contributed by atoms with van der Waals surface area (Å²) in [4.78, 5) is 2.52. The van der Waals surface area contributed by atoms with Crippen molar-refractivity contribution >= 4 is 49.8 Å². The second-order valence-corrected chi connectivity index (χ2v) is 18.0. The summed E-state index contributed by atoms with van der Waals surface area (Å²) in [5.41, 5.74) is 19.4. The van der Waals surface area contributed by atoms with Gasteiger partial charge in [0.25, 0.3) is 0 Å². The third-order valence-corrected chi connectivity index (χ3v) is 14.3. The molecule has 1 heterocycles. The smallest absolute Gasteiger partial charge is 0.136 e. The van der Waals surface area contributed by atoms with E-state index in [0.717, 1.165) is 50.1 Å². The highest BCUT2D eigenvalue weighted by Crippen LogP contribution is 2.58. The molecule has 13 rings (SSSR count). The summed E-state index contributed by atoms with van der Waals surface area (Å²) in [5.74, 6) is 0. The largest absolute Gasteiger partial charge is 0.456 e. The Hall–Kier alpha value is -7.94. The van der Waals surface area contributed by atoms with Crippen molar-refractivity contribution in [3.8, 4) is 33.4 Å². The zero-order valence-electron chi connectivity index (χ0n) is 35.7. The molecule has 10 aromatic carbocycles. The molecular formula is C62H43NO. The van der Waals surface area contributed by atoms with Crippen molar-refractivity contribution in [2.24, 2.45) is 0 Å². The third kappa shape index (κ3) is 5.20. The number of hydrogen-bond donors (Lipinski definition) is 0. The average molecular weight is 818 g/mol. The van der Waals surface area contributed by atoms with E-state index in [4.69, 9.17) is 4.42 Å². The van der Waals surface area contributed by atoms with Crippen LogP contribution in [-0.4, -0.2) is 0 Å². The molecule has 2 heteroatoms. The van der Waals surface area contributed by atoms with Gasteiger partial charge in [-0.25, -0.2) is 0 Å². The topological polar surface area (TPSA) is 16.4 Å². The van der Waals surface area contributed by atoms with Crippen molar-refractivity contribution in [3.05, 3.63) is 258 Å². The van der Waals surface area contributed by atoms with E-state index in [9.17, 15) is 0 Å². The van der Waals surface area contributed by atoms with Crippen LogP contribution in [-0.2, 0) is 10.8 Å². The third-order valence-electron chi connectivity index (χ3n) is 14.3. The van der Waals surface area contributed by atoms with E-state index in [1.165, 1.54) is 66.4 Å². The Morgan fingerprint density at radius 1 is 0.359 bits per heavy atom. The van der Waals surface area contributed by atoms with Gasteiger partial charge in [0.2, 0.25) is 0 Å². The predicted octanol–water partition coefficient (Wildman–Crippen LogP) is 16.5. The van der Waals surface area contributed by atoms with Crippen LogP contribution in [0.15, 0.2) is 229 Å². The van der Waals surface area contributed by atoms with Gasteiger partial charge in [0.05, 0.1) is 11.1 Å². The number of fused-ring (bicyclic) bond motifs is 10. The maximum absolute atomic E-state index is 6.80.